The number of para-hydroxylation sites is 2. The summed E-state index contributed by atoms with van der Waals surface area (Å²) >= 11 is 1.47. The molecule has 0 spiro atoms. The minimum Gasteiger partial charge on any atom is -0.344 e. The van der Waals surface area contributed by atoms with E-state index in [1.165, 1.54) is 16.9 Å². The number of hydrogen-bond acceptors (Lipinski definition) is 3. The van der Waals surface area contributed by atoms with Crippen LogP contribution in [-0.4, -0.2) is 15.5 Å². The first-order chi connectivity index (χ1) is 13.2. The standard InChI is InChI=1S/C22H21N3OS/c1-3-25-19-7-5-4-6-18(19)24-20(25)14-23-22(26)21-17(12-13-27-21)16-10-8-15(2)9-11-16/h4-13H,3,14H2,1-2H3,(H,23,26). The molecule has 4 rings (SSSR count). The highest BCUT2D eigenvalue weighted by Gasteiger charge is 2.16. The summed E-state index contributed by atoms with van der Waals surface area (Å²) in [5.74, 6) is 0.816. The van der Waals surface area contributed by atoms with Gasteiger partial charge < -0.3 is 9.88 Å². The zero-order valence-electron chi connectivity index (χ0n) is 15.4. The molecule has 136 valence electrons. The van der Waals surface area contributed by atoms with Gasteiger partial charge in [0.2, 0.25) is 0 Å². The van der Waals surface area contributed by atoms with Crippen LogP contribution in [0.1, 0.15) is 28.0 Å². The summed E-state index contributed by atoms with van der Waals surface area (Å²) in [4.78, 5) is 18.2. The van der Waals surface area contributed by atoms with E-state index >= 15 is 0 Å². The van der Waals surface area contributed by atoms with E-state index < -0.39 is 0 Å². The minimum absolute atomic E-state index is 0.0599. The highest BCUT2D eigenvalue weighted by molar-refractivity contribution is 7.12. The van der Waals surface area contributed by atoms with Crippen molar-refractivity contribution in [2.45, 2.75) is 26.9 Å². The van der Waals surface area contributed by atoms with E-state index in [4.69, 9.17) is 0 Å². The Morgan fingerprint density at radius 3 is 2.67 bits per heavy atom. The van der Waals surface area contributed by atoms with Crippen LogP contribution in [0, 0.1) is 6.92 Å². The Morgan fingerprint density at radius 2 is 1.89 bits per heavy atom. The van der Waals surface area contributed by atoms with Crippen molar-refractivity contribution in [1.29, 1.82) is 0 Å². The first kappa shape index (κ1) is 17.5. The fourth-order valence-electron chi connectivity index (χ4n) is 3.30. The molecule has 0 saturated heterocycles. The van der Waals surface area contributed by atoms with Crippen LogP contribution in [0.3, 0.4) is 0 Å². The Kier molecular flexibility index (Phi) is 4.77. The second-order valence-corrected chi connectivity index (χ2v) is 7.39. The maximum atomic E-state index is 12.8. The summed E-state index contributed by atoms with van der Waals surface area (Å²) < 4.78 is 2.14. The first-order valence-electron chi connectivity index (χ1n) is 9.04. The normalized spacial score (nSPS) is 11.0. The number of amides is 1. The van der Waals surface area contributed by atoms with Crippen molar-refractivity contribution in [2.75, 3.05) is 0 Å². The zero-order chi connectivity index (χ0) is 18.8. The Morgan fingerprint density at radius 1 is 1.11 bits per heavy atom. The minimum atomic E-state index is -0.0599. The fraction of sp³-hybridized carbons (Fsp3) is 0.182. The Hall–Kier alpha value is -2.92. The number of carbonyl (C=O) groups excluding carboxylic acids is 1. The van der Waals surface area contributed by atoms with Crippen molar-refractivity contribution in [3.8, 4) is 11.1 Å². The number of nitrogens with one attached hydrogen (secondary N) is 1. The third-order valence-corrected chi connectivity index (χ3v) is 5.60. The Labute approximate surface area is 162 Å². The van der Waals surface area contributed by atoms with Crippen LogP contribution in [0.2, 0.25) is 0 Å². The number of rotatable bonds is 5. The van der Waals surface area contributed by atoms with Crippen molar-refractivity contribution >= 4 is 28.3 Å². The predicted octanol–water partition coefficient (Wildman–Crippen LogP) is 5.02. The molecule has 1 N–H and O–H groups in total. The molecule has 5 heteroatoms. The first-order valence-corrected chi connectivity index (χ1v) is 9.92. The van der Waals surface area contributed by atoms with Gasteiger partial charge in [-0.2, -0.15) is 0 Å². The number of thiophene rings is 1. The van der Waals surface area contributed by atoms with Gasteiger partial charge in [-0.05, 0) is 43.0 Å². The molecular formula is C22H21N3OS. The van der Waals surface area contributed by atoms with Crippen LogP contribution in [-0.2, 0) is 13.1 Å². The van der Waals surface area contributed by atoms with Gasteiger partial charge in [0.25, 0.3) is 5.91 Å². The van der Waals surface area contributed by atoms with Gasteiger partial charge in [0, 0.05) is 12.1 Å². The number of fused-ring (bicyclic) bond motifs is 1. The van der Waals surface area contributed by atoms with Crippen molar-refractivity contribution in [3.05, 3.63) is 76.2 Å². The van der Waals surface area contributed by atoms with E-state index in [-0.39, 0.29) is 5.91 Å². The lowest BCUT2D eigenvalue weighted by Gasteiger charge is -2.08. The van der Waals surface area contributed by atoms with Crippen molar-refractivity contribution < 1.29 is 4.79 Å². The number of hydrogen-bond donors (Lipinski definition) is 1. The van der Waals surface area contributed by atoms with Gasteiger partial charge in [-0.1, -0.05) is 42.0 Å². The third-order valence-electron chi connectivity index (χ3n) is 4.69. The van der Waals surface area contributed by atoms with E-state index in [2.05, 4.69) is 59.0 Å². The van der Waals surface area contributed by atoms with Crippen LogP contribution >= 0.6 is 11.3 Å². The largest absolute Gasteiger partial charge is 0.344 e. The molecule has 0 aliphatic rings. The van der Waals surface area contributed by atoms with Crippen molar-refractivity contribution in [1.82, 2.24) is 14.9 Å². The average molecular weight is 375 g/mol. The molecule has 2 aromatic heterocycles. The third kappa shape index (κ3) is 3.38. The molecule has 1 amide bonds. The maximum absolute atomic E-state index is 12.8. The number of aromatic nitrogens is 2. The lowest BCUT2D eigenvalue weighted by molar-refractivity contribution is 0.0954. The Balaban J connectivity index is 1.56. The van der Waals surface area contributed by atoms with Gasteiger partial charge in [0.05, 0.1) is 22.5 Å². The van der Waals surface area contributed by atoms with Crippen molar-refractivity contribution in [2.24, 2.45) is 0 Å². The number of carbonyl (C=O) groups is 1. The van der Waals surface area contributed by atoms with E-state index in [1.54, 1.807) is 0 Å². The highest BCUT2D eigenvalue weighted by atomic mass is 32.1. The number of aryl methyl sites for hydroxylation is 2. The van der Waals surface area contributed by atoms with Crippen LogP contribution < -0.4 is 5.32 Å². The number of nitrogens with zero attached hydrogens (tertiary/aromatic N) is 2. The number of imidazole rings is 1. The molecule has 2 aromatic carbocycles. The van der Waals surface area contributed by atoms with Crippen LogP contribution in [0.15, 0.2) is 60.0 Å². The lowest BCUT2D eigenvalue weighted by atomic mass is 10.0. The lowest BCUT2D eigenvalue weighted by Crippen LogP contribution is -2.24. The monoisotopic (exact) mass is 375 g/mol. The van der Waals surface area contributed by atoms with Gasteiger partial charge in [-0.3, -0.25) is 4.79 Å². The molecule has 0 saturated carbocycles. The molecule has 4 aromatic rings. The van der Waals surface area contributed by atoms with Gasteiger partial charge in [-0.25, -0.2) is 4.98 Å². The van der Waals surface area contributed by atoms with Crippen molar-refractivity contribution in [3.63, 3.8) is 0 Å². The highest BCUT2D eigenvalue weighted by Crippen LogP contribution is 2.28. The molecule has 0 unspecified atom stereocenters. The summed E-state index contributed by atoms with van der Waals surface area (Å²) in [6.07, 6.45) is 0. The fourth-order valence-corrected chi connectivity index (χ4v) is 4.13. The van der Waals surface area contributed by atoms with Gasteiger partial charge in [0.1, 0.15) is 5.82 Å². The molecule has 2 heterocycles. The van der Waals surface area contributed by atoms with Crippen LogP contribution in [0.25, 0.3) is 22.2 Å². The molecule has 0 radical (unpaired) electrons. The SMILES string of the molecule is CCn1c(CNC(=O)c2sccc2-c2ccc(C)cc2)nc2ccccc21. The van der Waals surface area contributed by atoms with Gasteiger partial charge >= 0.3 is 0 Å². The van der Waals surface area contributed by atoms with Crippen LogP contribution in [0.5, 0.6) is 0 Å². The smallest absolute Gasteiger partial charge is 0.262 e. The summed E-state index contributed by atoms with van der Waals surface area (Å²) in [6.45, 7) is 5.38. The molecule has 4 nitrogen and oxygen atoms in total. The molecule has 0 bridgehead atoms. The predicted molar refractivity (Wildman–Crippen MR) is 111 cm³/mol. The molecule has 0 aliphatic carbocycles. The summed E-state index contributed by atoms with van der Waals surface area (Å²) in [6, 6.07) is 18.3. The van der Waals surface area contributed by atoms with E-state index in [1.807, 2.05) is 29.6 Å². The maximum Gasteiger partial charge on any atom is 0.262 e. The second-order valence-electron chi connectivity index (χ2n) is 6.47. The Bertz CT molecular complexity index is 1090. The molecule has 0 aliphatic heterocycles. The van der Waals surface area contributed by atoms with E-state index in [9.17, 15) is 4.79 Å². The quantitative estimate of drug-likeness (QED) is 0.532. The number of benzene rings is 2. The summed E-state index contributed by atoms with van der Waals surface area (Å²) in [5.41, 5.74) is 5.30. The van der Waals surface area contributed by atoms with Crippen LogP contribution in [0.4, 0.5) is 0 Å². The topological polar surface area (TPSA) is 46.9 Å². The molecule has 27 heavy (non-hydrogen) atoms. The molecule has 0 fully saturated rings. The van der Waals surface area contributed by atoms with Gasteiger partial charge in [-0.15, -0.1) is 11.3 Å². The molecule has 0 atom stereocenters. The second kappa shape index (κ2) is 7.37. The van der Waals surface area contributed by atoms with E-state index in [0.717, 1.165) is 39.4 Å². The summed E-state index contributed by atoms with van der Waals surface area (Å²) in [5, 5.41) is 5.01. The van der Waals surface area contributed by atoms with Gasteiger partial charge in [0.15, 0.2) is 0 Å². The zero-order valence-corrected chi connectivity index (χ0v) is 16.2. The van der Waals surface area contributed by atoms with E-state index in [0.29, 0.717) is 6.54 Å². The molecular weight excluding hydrogens is 354 g/mol. The average Bonchev–Trinajstić information content (AvgIpc) is 3.31. The summed E-state index contributed by atoms with van der Waals surface area (Å²) in [7, 11) is 0.